The minimum absolute atomic E-state index is 0.131. The first-order chi connectivity index (χ1) is 7.70. The van der Waals surface area contributed by atoms with Crippen molar-refractivity contribution < 1.29 is 4.79 Å². The Kier molecular flexibility index (Phi) is 7.87. The van der Waals surface area contributed by atoms with Crippen LogP contribution in [0.15, 0.2) is 22.5 Å². The predicted molar refractivity (Wildman–Crippen MR) is 82.4 cm³/mol. The summed E-state index contributed by atoms with van der Waals surface area (Å²) in [5.74, 6) is 3.12. The van der Waals surface area contributed by atoms with Gasteiger partial charge in [-0.05, 0) is 35.0 Å². The van der Waals surface area contributed by atoms with E-state index in [1.807, 2.05) is 35.3 Å². The quantitative estimate of drug-likeness (QED) is 0.514. The number of rotatable bonds is 7. The van der Waals surface area contributed by atoms with Crippen LogP contribution in [0.1, 0.15) is 13.3 Å². The molecule has 0 aliphatic carbocycles. The maximum Gasteiger partial charge on any atom is 0.214 e. The van der Waals surface area contributed by atoms with Crippen LogP contribution in [0.5, 0.6) is 0 Å². The summed E-state index contributed by atoms with van der Waals surface area (Å²) in [4.78, 5) is 12.7. The summed E-state index contributed by atoms with van der Waals surface area (Å²) in [6.07, 6.45) is 1.18. The Labute approximate surface area is 115 Å². The molecule has 1 rings (SSSR count). The zero-order chi connectivity index (χ0) is 11.8. The Hall–Kier alpha value is 0.550. The topological polar surface area (TPSA) is 17.1 Å². The van der Waals surface area contributed by atoms with Gasteiger partial charge in [-0.25, -0.2) is 0 Å². The van der Waals surface area contributed by atoms with Crippen LogP contribution in [0.4, 0.5) is 0 Å². The number of hydrogen-bond donors (Lipinski definition) is 0. The van der Waals surface area contributed by atoms with Gasteiger partial charge >= 0.3 is 0 Å². The maximum atomic E-state index is 11.2. The Bertz CT molecular complexity index is 280. The molecule has 0 amide bonds. The highest BCUT2D eigenvalue weighted by atomic mass is 32.2. The van der Waals surface area contributed by atoms with Crippen LogP contribution < -0.4 is 0 Å². The van der Waals surface area contributed by atoms with E-state index in [-0.39, 0.29) is 5.12 Å². The van der Waals surface area contributed by atoms with Crippen molar-refractivity contribution in [2.75, 3.05) is 22.3 Å². The highest BCUT2D eigenvalue weighted by Gasteiger charge is 2.05. The number of thioether (sulfide) groups is 4. The minimum Gasteiger partial charge on any atom is -0.282 e. The minimum atomic E-state index is 0.131. The van der Waals surface area contributed by atoms with Gasteiger partial charge in [-0.2, -0.15) is 11.8 Å². The largest absolute Gasteiger partial charge is 0.282 e. The van der Waals surface area contributed by atoms with E-state index in [0.29, 0.717) is 5.57 Å². The van der Waals surface area contributed by atoms with E-state index in [2.05, 4.69) is 12.0 Å². The van der Waals surface area contributed by atoms with Crippen LogP contribution in [0.2, 0.25) is 0 Å². The monoisotopic (exact) mass is 292 g/mol. The van der Waals surface area contributed by atoms with Gasteiger partial charge in [0.15, 0.2) is 0 Å². The number of carbonyl (C=O) groups is 1. The second-order valence-corrected chi connectivity index (χ2v) is 7.91. The van der Waals surface area contributed by atoms with Crippen molar-refractivity contribution in [3.8, 4) is 0 Å². The lowest BCUT2D eigenvalue weighted by Gasteiger charge is -2.02. The molecule has 0 unspecified atom stereocenters. The molecule has 90 valence electrons. The maximum absolute atomic E-state index is 11.2. The Morgan fingerprint density at radius 3 is 2.94 bits per heavy atom. The first-order valence-electron chi connectivity index (χ1n) is 5.04. The molecule has 1 nitrogen and oxygen atoms in total. The molecular weight excluding hydrogens is 276 g/mol. The average Bonchev–Trinajstić information content (AvgIpc) is 2.75. The SMILES string of the molecule is C=C(C)C(=O)SCCSCCC1=CSCS1. The summed E-state index contributed by atoms with van der Waals surface area (Å²) in [5, 5.41) is 3.58. The molecule has 0 fully saturated rings. The average molecular weight is 293 g/mol. The van der Waals surface area contributed by atoms with E-state index < -0.39 is 0 Å². The fourth-order valence-electron chi connectivity index (χ4n) is 0.993. The normalized spacial score (nSPS) is 14.9. The molecule has 0 aromatic rings. The van der Waals surface area contributed by atoms with Crippen molar-refractivity contribution in [2.24, 2.45) is 0 Å². The fraction of sp³-hybridized carbons (Fsp3) is 0.545. The summed E-state index contributed by atoms with van der Waals surface area (Å²) < 4.78 is 0. The summed E-state index contributed by atoms with van der Waals surface area (Å²) in [7, 11) is 0. The van der Waals surface area contributed by atoms with E-state index >= 15 is 0 Å². The molecule has 0 saturated carbocycles. The molecule has 0 spiro atoms. The van der Waals surface area contributed by atoms with Crippen molar-refractivity contribution in [1.29, 1.82) is 0 Å². The first-order valence-corrected chi connectivity index (χ1v) is 9.21. The lowest BCUT2D eigenvalue weighted by atomic mass is 10.4. The van der Waals surface area contributed by atoms with Crippen LogP contribution in [-0.4, -0.2) is 27.5 Å². The molecule has 0 bridgehead atoms. The molecule has 1 heterocycles. The van der Waals surface area contributed by atoms with Gasteiger partial charge in [0.2, 0.25) is 5.12 Å². The van der Waals surface area contributed by atoms with Gasteiger partial charge in [0.05, 0.1) is 0 Å². The van der Waals surface area contributed by atoms with Crippen molar-refractivity contribution in [2.45, 2.75) is 13.3 Å². The van der Waals surface area contributed by atoms with Crippen LogP contribution in [0, 0.1) is 0 Å². The van der Waals surface area contributed by atoms with Crippen LogP contribution in [0.3, 0.4) is 0 Å². The third-order valence-electron chi connectivity index (χ3n) is 1.83. The third kappa shape index (κ3) is 6.33. The van der Waals surface area contributed by atoms with Gasteiger partial charge in [-0.3, -0.25) is 4.79 Å². The predicted octanol–water partition coefficient (Wildman–Crippen LogP) is 4.22. The Morgan fingerprint density at radius 1 is 1.50 bits per heavy atom. The zero-order valence-corrected chi connectivity index (χ0v) is 12.6. The van der Waals surface area contributed by atoms with E-state index in [1.54, 1.807) is 6.92 Å². The van der Waals surface area contributed by atoms with Gasteiger partial charge in [0.1, 0.15) is 0 Å². The third-order valence-corrected chi connectivity index (χ3v) is 6.40. The van der Waals surface area contributed by atoms with Gasteiger partial charge in [-0.15, -0.1) is 23.5 Å². The van der Waals surface area contributed by atoms with Crippen molar-refractivity contribution in [1.82, 2.24) is 0 Å². The molecule has 0 atom stereocenters. The van der Waals surface area contributed by atoms with Crippen LogP contribution >= 0.6 is 47.0 Å². The van der Waals surface area contributed by atoms with Crippen LogP contribution in [0.25, 0.3) is 0 Å². The molecule has 1 aliphatic rings. The summed E-state index contributed by atoms with van der Waals surface area (Å²) in [5.41, 5.74) is 0.652. The second kappa shape index (κ2) is 8.61. The van der Waals surface area contributed by atoms with Crippen molar-refractivity contribution in [3.05, 3.63) is 22.5 Å². The van der Waals surface area contributed by atoms with E-state index in [0.717, 1.165) is 11.5 Å². The second-order valence-electron chi connectivity index (χ2n) is 3.29. The summed E-state index contributed by atoms with van der Waals surface area (Å²) in [6.45, 7) is 5.40. The molecule has 0 saturated heterocycles. The zero-order valence-electron chi connectivity index (χ0n) is 9.36. The number of hydrogen-bond acceptors (Lipinski definition) is 5. The lowest BCUT2D eigenvalue weighted by Crippen LogP contribution is -1.95. The van der Waals surface area contributed by atoms with E-state index in [9.17, 15) is 4.79 Å². The smallest absolute Gasteiger partial charge is 0.214 e. The molecule has 16 heavy (non-hydrogen) atoms. The Balaban J connectivity index is 1.92. The molecule has 0 radical (unpaired) electrons. The molecule has 1 aliphatic heterocycles. The van der Waals surface area contributed by atoms with E-state index in [4.69, 9.17) is 0 Å². The first kappa shape index (κ1) is 14.6. The number of allylic oxidation sites excluding steroid dienone is 1. The molecule has 0 aromatic heterocycles. The summed E-state index contributed by atoms with van der Waals surface area (Å²) >= 11 is 7.16. The van der Waals surface area contributed by atoms with Gasteiger partial charge in [0, 0.05) is 16.6 Å². The summed E-state index contributed by atoms with van der Waals surface area (Å²) in [6, 6.07) is 0. The van der Waals surface area contributed by atoms with Gasteiger partial charge < -0.3 is 0 Å². The van der Waals surface area contributed by atoms with Gasteiger partial charge in [0.25, 0.3) is 0 Å². The molecule has 0 aromatic carbocycles. The van der Waals surface area contributed by atoms with Crippen molar-refractivity contribution in [3.63, 3.8) is 0 Å². The van der Waals surface area contributed by atoms with Gasteiger partial charge in [-0.1, -0.05) is 18.3 Å². The lowest BCUT2D eigenvalue weighted by molar-refractivity contribution is -0.107. The fourth-order valence-corrected chi connectivity index (χ4v) is 5.10. The number of carbonyl (C=O) groups excluding carboxylic acids is 1. The Morgan fingerprint density at radius 2 is 2.31 bits per heavy atom. The molecular formula is C11H16OS4. The molecule has 0 N–H and O–H groups in total. The van der Waals surface area contributed by atoms with Crippen molar-refractivity contribution >= 4 is 52.2 Å². The highest BCUT2D eigenvalue weighted by molar-refractivity contribution is 8.22. The highest BCUT2D eigenvalue weighted by Crippen LogP contribution is 2.34. The van der Waals surface area contributed by atoms with E-state index in [1.165, 1.54) is 33.9 Å². The van der Waals surface area contributed by atoms with Crippen LogP contribution in [-0.2, 0) is 4.79 Å². The molecule has 5 heteroatoms. The standard InChI is InChI=1S/C11H16OS4/c1-9(2)11(12)15-6-5-13-4-3-10-7-14-8-16-10/h7H,1,3-6,8H2,2H3.